The molecule has 2 aromatic rings. The van der Waals surface area contributed by atoms with Crippen LogP contribution in [-0.4, -0.2) is 20.8 Å². The summed E-state index contributed by atoms with van der Waals surface area (Å²) in [5.41, 5.74) is -0.395. The van der Waals surface area contributed by atoms with E-state index in [1.807, 2.05) is 13.8 Å². The van der Waals surface area contributed by atoms with Crippen molar-refractivity contribution in [3.05, 3.63) is 40.8 Å². The zero-order valence-electron chi connectivity index (χ0n) is 11.4. The van der Waals surface area contributed by atoms with Crippen LogP contribution in [-0.2, 0) is 12.7 Å². The second-order valence-corrected chi connectivity index (χ2v) is 5.18. The van der Waals surface area contributed by atoms with Gasteiger partial charge in [0.1, 0.15) is 0 Å². The normalized spacial score (nSPS) is 12.1. The molecule has 21 heavy (non-hydrogen) atoms. The summed E-state index contributed by atoms with van der Waals surface area (Å²) in [7, 11) is 0. The first-order chi connectivity index (χ1) is 9.77. The molecule has 0 saturated carbocycles. The molecule has 0 aliphatic carbocycles. The highest BCUT2D eigenvalue weighted by molar-refractivity contribution is 6.31. The van der Waals surface area contributed by atoms with Crippen LogP contribution in [0.2, 0.25) is 5.02 Å². The third-order valence-corrected chi connectivity index (χ3v) is 3.04. The summed E-state index contributed by atoms with van der Waals surface area (Å²) in [6, 6.07) is 4.26. The van der Waals surface area contributed by atoms with Crippen molar-refractivity contribution in [2.45, 2.75) is 32.6 Å². The Labute approximate surface area is 124 Å². The van der Waals surface area contributed by atoms with Crippen molar-refractivity contribution in [3.63, 3.8) is 0 Å². The molecule has 0 fully saturated rings. The molecule has 0 amide bonds. The van der Waals surface area contributed by atoms with Gasteiger partial charge in [-0.2, -0.15) is 18.3 Å². The van der Waals surface area contributed by atoms with Crippen molar-refractivity contribution >= 4 is 11.6 Å². The van der Waals surface area contributed by atoms with E-state index in [1.54, 1.807) is 6.07 Å². The van der Waals surface area contributed by atoms with Gasteiger partial charge in [-0.15, -0.1) is 0 Å². The van der Waals surface area contributed by atoms with E-state index in [1.165, 1.54) is 12.3 Å². The van der Waals surface area contributed by atoms with Crippen LogP contribution in [0.5, 0.6) is 0 Å². The molecule has 0 atom stereocenters. The first-order valence-electron chi connectivity index (χ1n) is 6.29. The number of nitrogens with zero attached hydrogens (tertiary/aromatic N) is 3. The minimum Gasteiger partial charge on any atom is -0.309 e. The van der Waals surface area contributed by atoms with Gasteiger partial charge in [-0.05, 0) is 18.2 Å². The van der Waals surface area contributed by atoms with E-state index < -0.39 is 11.9 Å². The van der Waals surface area contributed by atoms with Gasteiger partial charge in [0.2, 0.25) is 0 Å². The molecule has 8 heteroatoms. The van der Waals surface area contributed by atoms with Gasteiger partial charge in [0.15, 0.2) is 11.5 Å². The first kappa shape index (κ1) is 15.8. The highest BCUT2D eigenvalue weighted by Gasteiger charge is 2.33. The van der Waals surface area contributed by atoms with Crippen molar-refractivity contribution in [1.29, 1.82) is 0 Å². The summed E-state index contributed by atoms with van der Waals surface area (Å²) in [6.45, 7) is 4.37. The minimum absolute atomic E-state index is 0.244. The Morgan fingerprint density at radius 1 is 1.29 bits per heavy atom. The van der Waals surface area contributed by atoms with E-state index in [0.29, 0.717) is 17.3 Å². The van der Waals surface area contributed by atoms with Gasteiger partial charge in [0.25, 0.3) is 0 Å². The first-order valence-corrected chi connectivity index (χ1v) is 6.67. The highest BCUT2D eigenvalue weighted by atomic mass is 35.5. The lowest BCUT2D eigenvalue weighted by Crippen LogP contribution is -2.23. The third kappa shape index (κ3) is 3.95. The fraction of sp³-hybridized carbons (Fsp3) is 0.385. The molecule has 0 aliphatic rings. The average Bonchev–Trinajstić information content (AvgIpc) is 2.87. The van der Waals surface area contributed by atoms with E-state index in [0.717, 1.165) is 10.7 Å². The molecule has 4 nitrogen and oxygen atoms in total. The number of aromatic nitrogens is 3. The maximum absolute atomic E-state index is 12.5. The summed E-state index contributed by atoms with van der Waals surface area (Å²) in [5.74, 6) is 0.287. The molecule has 0 radical (unpaired) electrons. The molecule has 2 rings (SSSR count). The Morgan fingerprint density at radius 2 is 2.00 bits per heavy atom. The molecule has 0 unspecified atom stereocenters. The summed E-state index contributed by atoms with van der Waals surface area (Å²) in [5, 5.41) is 7.09. The van der Waals surface area contributed by atoms with Crippen LogP contribution in [0, 0.1) is 0 Å². The quantitative estimate of drug-likeness (QED) is 0.939. The summed E-state index contributed by atoms with van der Waals surface area (Å²) < 4.78 is 38.7. The number of alkyl halides is 3. The molecule has 0 aromatic carbocycles. The third-order valence-electron chi connectivity index (χ3n) is 2.70. The molecule has 0 spiro atoms. The predicted molar refractivity (Wildman–Crippen MR) is 73.3 cm³/mol. The molecule has 0 bridgehead atoms. The number of hydrogen-bond acceptors (Lipinski definition) is 3. The molecule has 1 N–H and O–H groups in total. The molecule has 0 aliphatic heterocycles. The van der Waals surface area contributed by atoms with Gasteiger partial charge in [-0.3, -0.25) is 0 Å². The van der Waals surface area contributed by atoms with Crippen molar-refractivity contribution in [2.24, 2.45) is 0 Å². The average molecular weight is 319 g/mol. The maximum Gasteiger partial charge on any atom is 0.435 e. The van der Waals surface area contributed by atoms with E-state index in [2.05, 4.69) is 15.4 Å². The lowest BCUT2D eigenvalue weighted by Gasteiger charge is -2.10. The van der Waals surface area contributed by atoms with Gasteiger partial charge in [0.05, 0.1) is 10.7 Å². The van der Waals surface area contributed by atoms with E-state index in [9.17, 15) is 13.2 Å². The van der Waals surface area contributed by atoms with Gasteiger partial charge in [-0.25, -0.2) is 9.67 Å². The number of nitrogens with one attached hydrogen (secondary N) is 1. The minimum atomic E-state index is -4.47. The highest BCUT2D eigenvalue weighted by Crippen LogP contribution is 2.27. The van der Waals surface area contributed by atoms with E-state index >= 15 is 0 Å². The van der Waals surface area contributed by atoms with Crippen LogP contribution >= 0.6 is 11.6 Å². The van der Waals surface area contributed by atoms with Crippen molar-refractivity contribution < 1.29 is 13.2 Å². The summed E-state index contributed by atoms with van der Waals surface area (Å²) in [4.78, 5) is 4.25. The van der Waals surface area contributed by atoms with Crippen LogP contribution in [0.15, 0.2) is 24.4 Å². The lowest BCUT2D eigenvalue weighted by atomic mass is 10.3. The van der Waals surface area contributed by atoms with Gasteiger partial charge < -0.3 is 5.32 Å². The molecule has 2 heterocycles. The number of rotatable bonds is 4. The predicted octanol–water partition coefficient (Wildman–Crippen LogP) is 3.44. The zero-order chi connectivity index (χ0) is 15.6. The van der Waals surface area contributed by atoms with Crippen molar-refractivity contribution in [1.82, 2.24) is 20.1 Å². The van der Waals surface area contributed by atoms with Crippen LogP contribution in [0.4, 0.5) is 13.2 Å². The zero-order valence-corrected chi connectivity index (χ0v) is 12.2. The van der Waals surface area contributed by atoms with Crippen LogP contribution < -0.4 is 5.32 Å². The molecule has 2 aromatic heterocycles. The fourth-order valence-electron chi connectivity index (χ4n) is 1.63. The Kier molecular flexibility index (Phi) is 4.53. The lowest BCUT2D eigenvalue weighted by molar-refractivity contribution is -0.141. The Balaban J connectivity index is 2.28. The van der Waals surface area contributed by atoms with Gasteiger partial charge >= 0.3 is 6.18 Å². The second-order valence-electron chi connectivity index (χ2n) is 4.78. The summed E-state index contributed by atoms with van der Waals surface area (Å²) >= 11 is 6.03. The second kappa shape index (κ2) is 6.03. The number of pyridine rings is 1. The van der Waals surface area contributed by atoms with Crippen LogP contribution in [0.3, 0.4) is 0 Å². The smallest absolute Gasteiger partial charge is 0.309 e. The Morgan fingerprint density at radius 3 is 2.57 bits per heavy atom. The van der Waals surface area contributed by atoms with Crippen molar-refractivity contribution in [2.75, 3.05) is 0 Å². The van der Waals surface area contributed by atoms with Crippen molar-refractivity contribution in [3.8, 4) is 5.82 Å². The van der Waals surface area contributed by atoms with Gasteiger partial charge in [-0.1, -0.05) is 25.4 Å². The monoisotopic (exact) mass is 318 g/mol. The molecular formula is C13H14ClF3N4. The molecule has 0 saturated heterocycles. The maximum atomic E-state index is 12.5. The number of halogens is 4. The van der Waals surface area contributed by atoms with Crippen LogP contribution in [0.1, 0.15) is 25.2 Å². The molecule has 114 valence electrons. The van der Waals surface area contributed by atoms with E-state index in [4.69, 9.17) is 11.6 Å². The largest absolute Gasteiger partial charge is 0.435 e. The fourth-order valence-corrected chi connectivity index (χ4v) is 1.80. The SMILES string of the molecule is CC(C)NCc1nc(-n2ccc(C(F)(F)F)n2)ccc1Cl. The Bertz CT molecular complexity index is 622. The number of hydrogen-bond donors (Lipinski definition) is 1. The standard InChI is InChI=1S/C13H14ClF3N4/c1-8(2)18-7-10-9(14)3-4-12(19-10)21-6-5-11(20-21)13(15,16)17/h3-6,8,18H,7H2,1-2H3. The topological polar surface area (TPSA) is 42.7 Å². The van der Waals surface area contributed by atoms with Crippen LogP contribution in [0.25, 0.3) is 5.82 Å². The van der Waals surface area contributed by atoms with E-state index in [-0.39, 0.29) is 11.9 Å². The molecular weight excluding hydrogens is 305 g/mol. The summed E-state index contributed by atoms with van der Waals surface area (Å²) in [6.07, 6.45) is -3.25. The Hall–Kier alpha value is -1.60. The van der Waals surface area contributed by atoms with Gasteiger partial charge in [0, 0.05) is 18.8 Å².